The van der Waals surface area contributed by atoms with E-state index in [-0.39, 0.29) is 12.8 Å². The van der Waals surface area contributed by atoms with Crippen LogP contribution in [0.25, 0.3) is 10.9 Å². The number of hydrogen-bond donors (Lipinski definition) is 5. The average molecular weight is 449 g/mol. The van der Waals surface area contributed by atoms with E-state index < -0.39 is 41.8 Å². The number of carbonyl (C=O) groups excluding carboxylic acids is 3. The normalized spacial score (nSPS) is 14.9. The van der Waals surface area contributed by atoms with Gasteiger partial charge in [-0.2, -0.15) is 11.8 Å². The smallest absolute Gasteiger partial charge is 0.305 e. The summed E-state index contributed by atoms with van der Waals surface area (Å²) in [5.74, 6) is -1.79. The van der Waals surface area contributed by atoms with E-state index in [4.69, 9.17) is 10.8 Å². The van der Waals surface area contributed by atoms with Crippen molar-refractivity contribution in [3.05, 3.63) is 36.0 Å². The lowest BCUT2D eigenvalue weighted by atomic mass is 9.95. The van der Waals surface area contributed by atoms with Gasteiger partial charge in [0, 0.05) is 17.1 Å². The van der Waals surface area contributed by atoms with Gasteiger partial charge in [-0.1, -0.05) is 18.2 Å². The number of nitrogens with one attached hydrogen (secondary N) is 3. The molecule has 168 valence electrons. The Hall–Kier alpha value is -2.85. The van der Waals surface area contributed by atoms with Crippen LogP contribution < -0.4 is 16.4 Å². The summed E-state index contributed by atoms with van der Waals surface area (Å²) in [6.45, 7) is 1.54. The molecular weight excluding hydrogens is 420 g/mol. The van der Waals surface area contributed by atoms with Crippen molar-refractivity contribution in [3.63, 3.8) is 0 Å². The van der Waals surface area contributed by atoms with Gasteiger partial charge in [-0.15, -0.1) is 0 Å². The summed E-state index contributed by atoms with van der Waals surface area (Å²) in [4.78, 5) is 50.8. The summed E-state index contributed by atoms with van der Waals surface area (Å²) in [5.41, 5.74) is 6.61. The molecule has 2 rings (SSSR count). The predicted molar refractivity (Wildman–Crippen MR) is 120 cm³/mol. The van der Waals surface area contributed by atoms with E-state index in [2.05, 4.69) is 15.6 Å². The second-order valence-electron chi connectivity index (χ2n) is 7.55. The Balaban J connectivity index is 2.11. The number of amides is 2. The molecule has 1 aromatic heterocycles. The minimum atomic E-state index is -1.35. The van der Waals surface area contributed by atoms with Gasteiger partial charge < -0.3 is 31.3 Å². The maximum absolute atomic E-state index is 12.8. The fourth-order valence-corrected chi connectivity index (χ4v) is 3.80. The number of rotatable bonds is 12. The maximum Gasteiger partial charge on any atom is 0.305 e. The lowest BCUT2D eigenvalue weighted by Gasteiger charge is -2.31. The molecule has 1 heterocycles. The van der Waals surface area contributed by atoms with Crippen molar-refractivity contribution in [2.75, 3.05) is 12.0 Å². The Bertz CT molecular complexity index is 947. The quantitative estimate of drug-likeness (QED) is 0.301. The van der Waals surface area contributed by atoms with Crippen LogP contribution in [0, 0.1) is 0 Å². The molecule has 0 aliphatic carbocycles. The molecular formula is C21H28N4O5S. The topological polar surface area (TPSA) is 154 Å². The third-order valence-electron chi connectivity index (χ3n) is 5.03. The summed E-state index contributed by atoms with van der Waals surface area (Å²) in [5, 5.41) is 15.0. The highest BCUT2D eigenvalue weighted by molar-refractivity contribution is 7.98. The second-order valence-corrected chi connectivity index (χ2v) is 8.53. The standard InChI is InChI=1S/C21H28N4O5S/c1-21(7-8-31-2,20(30)24-14(12-26)10-18(27)28)25-19(29)16(22)9-13-11-23-17-6-4-3-5-15(13)17/h3-6,11-12,14,16,23H,7-10,22H2,1-2H3,(H,24,30)(H,25,29)(H,27,28)/t14-,16-,21?/m0/s1. The number of carbonyl (C=O) groups is 4. The van der Waals surface area contributed by atoms with Crippen LogP contribution in [0.4, 0.5) is 0 Å². The van der Waals surface area contributed by atoms with E-state index in [1.54, 1.807) is 6.20 Å². The fraction of sp³-hybridized carbons (Fsp3) is 0.429. The highest BCUT2D eigenvalue weighted by Crippen LogP contribution is 2.20. The average Bonchev–Trinajstić information content (AvgIpc) is 3.14. The lowest BCUT2D eigenvalue weighted by Crippen LogP contribution is -2.61. The van der Waals surface area contributed by atoms with Crippen LogP contribution in [0.15, 0.2) is 30.5 Å². The molecule has 0 aliphatic heterocycles. The van der Waals surface area contributed by atoms with E-state index in [1.807, 2.05) is 30.5 Å². The maximum atomic E-state index is 12.8. The molecule has 3 atom stereocenters. The van der Waals surface area contributed by atoms with Gasteiger partial charge >= 0.3 is 5.97 Å². The van der Waals surface area contributed by atoms with Crippen molar-refractivity contribution >= 4 is 46.7 Å². The Morgan fingerprint density at radius 3 is 2.68 bits per heavy atom. The highest BCUT2D eigenvalue weighted by atomic mass is 32.2. The van der Waals surface area contributed by atoms with Crippen LogP contribution in [0.5, 0.6) is 0 Å². The molecule has 1 unspecified atom stereocenters. The zero-order valence-corrected chi connectivity index (χ0v) is 18.3. The number of carboxylic acid groups (broad SMARTS) is 1. The molecule has 2 amide bonds. The molecule has 2 aromatic rings. The first-order valence-corrected chi connectivity index (χ1v) is 11.2. The molecule has 1 aromatic carbocycles. The molecule has 31 heavy (non-hydrogen) atoms. The summed E-state index contributed by atoms with van der Waals surface area (Å²) < 4.78 is 0. The number of carboxylic acids is 1. The van der Waals surface area contributed by atoms with E-state index in [0.717, 1.165) is 16.5 Å². The minimum absolute atomic E-state index is 0.270. The molecule has 0 saturated heterocycles. The number of fused-ring (bicyclic) bond motifs is 1. The number of hydrogen-bond acceptors (Lipinski definition) is 6. The molecule has 0 saturated carbocycles. The SMILES string of the molecule is CSCCC(C)(NC(=O)[C@@H](N)Cc1c[nH]c2ccccc12)C(=O)N[C@H](C=O)CC(=O)O. The highest BCUT2D eigenvalue weighted by Gasteiger charge is 2.37. The Morgan fingerprint density at radius 1 is 1.32 bits per heavy atom. The first kappa shape index (κ1) is 24.4. The second kappa shape index (κ2) is 11.0. The molecule has 0 spiro atoms. The molecule has 0 aliphatic rings. The molecule has 0 bridgehead atoms. The van der Waals surface area contributed by atoms with E-state index in [0.29, 0.717) is 12.0 Å². The lowest BCUT2D eigenvalue weighted by molar-refractivity contribution is -0.140. The number of thioether (sulfide) groups is 1. The molecule has 0 radical (unpaired) electrons. The largest absolute Gasteiger partial charge is 0.481 e. The zero-order valence-electron chi connectivity index (χ0n) is 17.5. The first-order valence-electron chi connectivity index (χ1n) is 9.79. The van der Waals surface area contributed by atoms with Crippen LogP contribution in [-0.4, -0.2) is 63.8 Å². The van der Waals surface area contributed by atoms with Crippen LogP contribution in [-0.2, 0) is 25.6 Å². The third-order valence-corrected chi connectivity index (χ3v) is 5.65. The number of aromatic amines is 1. The van der Waals surface area contributed by atoms with Crippen molar-refractivity contribution in [2.24, 2.45) is 5.73 Å². The summed E-state index contributed by atoms with van der Waals surface area (Å²) in [6, 6.07) is 5.58. The Kier molecular flexibility index (Phi) is 8.64. The number of aromatic nitrogens is 1. The number of benzene rings is 1. The fourth-order valence-electron chi connectivity index (χ4n) is 3.18. The van der Waals surface area contributed by atoms with Crippen LogP contribution in [0.2, 0.25) is 0 Å². The molecule has 10 heteroatoms. The number of aldehydes is 1. The van der Waals surface area contributed by atoms with Gasteiger partial charge in [0.1, 0.15) is 11.8 Å². The summed E-state index contributed by atoms with van der Waals surface area (Å²) >= 11 is 1.49. The van der Waals surface area contributed by atoms with Gasteiger partial charge in [0.25, 0.3) is 0 Å². The van der Waals surface area contributed by atoms with Crippen LogP contribution in [0.3, 0.4) is 0 Å². The molecule has 6 N–H and O–H groups in total. The number of para-hydroxylation sites is 1. The Morgan fingerprint density at radius 2 is 2.03 bits per heavy atom. The third kappa shape index (κ3) is 6.56. The first-order chi connectivity index (χ1) is 14.7. The number of aliphatic carboxylic acids is 1. The molecule has 9 nitrogen and oxygen atoms in total. The van der Waals surface area contributed by atoms with Crippen molar-refractivity contribution in [1.29, 1.82) is 0 Å². The van der Waals surface area contributed by atoms with Crippen molar-refractivity contribution in [1.82, 2.24) is 15.6 Å². The van der Waals surface area contributed by atoms with Gasteiger partial charge in [-0.05, 0) is 43.4 Å². The summed E-state index contributed by atoms with van der Waals surface area (Å²) in [6.07, 6.45) is 4.04. The Labute approximate surface area is 184 Å². The van der Waals surface area contributed by atoms with Gasteiger partial charge in [0.2, 0.25) is 11.8 Å². The van der Waals surface area contributed by atoms with E-state index in [1.165, 1.54) is 18.7 Å². The monoisotopic (exact) mass is 448 g/mol. The van der Waals surface area contributed by atoms with Gasteiger partial charge in [-0.25, -0.2) is 0 Å². The van der Waals surface area contributed by atoms with E-state index in [9.17, 15) is 19.2 Å². The minimum Gasteiger partial charge on any atom is -0.481 e. The van der Waals surface area contributed by atoms with E-state index >= 15 is 0 Å². The van der Waals surface area contributed by atoms with Crippen LogP contribution in [0.1, 0.15) is 25.3 Å². The van der Waals surface area contributed by atoms with Crippen LogP contribution >= 0.6 is 11.8 Å². The predicted octanol–water partition coefficient (Wildman–Crippen LogP) is 0.824. The van der Waals surface area contributed by atoms with Crippen molar-refractivity contribution in [2.45, 2.75) is 43.8 Å². The van der Waals surface area contributed by atoms with Gasteiger partial charge in [0.15, 0.2) is 0 Å². The summed E-state index contributed by atoms with van der Waals surface area (Å²) in [7, 11) is 0. The van der Waals surface area contributed by atoms with Crippen molar-refractivity contribution < 1.29 is 24.3 Å². The van der Waals surface area contributed by atoms with Gasteiger partial charge in [-0.3, -0.25) is 14.4 Å². The molecule has 0 fully saturated rings. The number of nitrogens with two attached hydrogens (primary N) is 1. The number of H-pyrrole nitrogens is 1. The zero-order chi connectivity index (χ0) is 23.0. The van der Waals surface area contributed by atoms with Gasteiger partial charge in [0.05, 0.1) is 18.5 Å². The van der Waals surface area contributed by atoms with Crippen molar-refractivity contribution in [3.8, 4) is 0 Å².